The molecule has 0 aliphatic rings. The van der Waals surface area contributed by atoms with Gasteiger partial charge in [-0.25, -0.2) is 0 Å². The second kappa shape index (κ2) is 6.79. The van der Waals surface area contributed by atoms with E-state index in [9.17, 15) is 4.79 Å². The highest BCUT2D eigenvalue weighted by atomic mass is 16.3. The second-order valence-electron chi connectivity index (χ2n) is 3.51. The molecule has 0 aliphatic carbocycles. The molecule has 0 rings (SSSR count). The topological polar surface area (TPSA) is 66.6 Å². The normalized spacial score (nSPS) is 13.0. The van der Waals surface area contributed by atoms with Gasteiger partial charge in [0.25, 0.3) is 0 Å². The maximum atomic E-state index is 11.7. The van der Waals surface area contributed by atoms with Crippen molar-refractivity contribution in [3.05, 3.63) is 0 Å². The fourth-order valence-corrected chi connectivity index (χ4v) is 1.57. The quantitative estimate of drug-likeness (QED) is 0.653. The minimum absolute atomic E-state index is 0.00500. The molecular weight excluding hydrogens is 180 g/mol. The largest absolute Gasteiger partial charge is 0.395 e. The number of hydrogen-bond donors (Lipinski definition) is 2. The van der Waals surface area contributed by atoms with Crippen molar-refractivity contribution >= 4 is 5.91 Å². The molecule has 0 aromatic heterocycles. The summed E-state index contributed by atoms with van der Waals surface area (Å²) in [6.45, 7) is 6.12. The molecule has 0 radical (unpaired) electrons. The van der Waals surface area contributed by atoms with E-state index in [1.54, 1.807) is 11.8 Å². The molecule has 84 valence electrons. The summed E-state index contributed by atoms with van der Waals surface area (Å²) in [5, 5.41) is 8.87. The van der Waals surface area contributed by atoms with E-state index in [1.165, 1.54) is 0 Å². The molecule has 0 fully saturated rings. The van der Waals surface area contributed by atoms with E-state index in [1.807, 2.05) is 13.8 Å². The van der Waals surface area contributed by atoms with Crippen LogP contribution in [0.3, 0.4) is 0 Å². The number of aliphatic hydroxyl groups excluding tert-OH is 1. The summed E-state index contributed by atoms with van der Waals surface area (Å²) in [6, 6.07) is -0.289. The van der Waals surface area contributed by atoms with Crippen molar-refractivity contribution in [2.75, 3.05) is 13.2 Å². The monoisotopic (exact) mass is 202 g/mol. The number of carbonyl (C=O) groups excluding carboxylic acids is 1. The molecule has 0 aromatic rings. The Morgan fingerprint density at radius 3 is 2.21 bits per heavy atom. The summed E-state index contributed by atoms with van der Waals surface area (Å²) in [5.41, 5.74) is 5.54. The number of carbonyl (C=O) groups is 1. The number of hydrogen-bond acceptors (Lipinski definition) is 3. The van der Waals surface area contributed by atoms with Crippen molar-refractivity contribution < 1.29 is 9.90 Å². The van der Waals surface area contributed by atoms with Crippen LogP contribution in [0.4, 0.5) is 0 Å². The predicted octanol–water partition coefficient (Wildman–Crippen LogP) is 0.343. The molecule has 1 amide bonds. The Labute approximate surface area is 86.1 Å². The van der Waals surface area contributed by atoms with E-state index in [-0.39, 0.29) is 18.6 Å². The molecule has 0 aliphatic heterocycles. The Kier molecular flexibility index (Phi) is 6.49. The van der Waals surface area contributed by atoms with Crippen LogP contribution < -0.4 is 5.73 Å². The van der Waals surface area contributed by atoms with Crippen molar-refractivity contribution in [1.29, 1.82) is 0 Å². The molecule has 1 atom stereocenters. The lowest BCUT2D eigenvalue weighted by atomic mass is 10.1. The number of nitrogens with two attached hydrogens (primary N) is 1. The van der Waals surface area contributed by atoms with Crippen LogP contribution in [0.25, 0.3) is 0 Å². The van der Waals surface area contributed by atoms with Gasteiger partial charge in [0.2, 0.25) is 5.91 Å². The van der Waals surface area contributed by atoms with Crippen LogP contribution in [0.15, 0.2) is 0 Å². The number of aliphatic hydroxyl groups is 1. The van der Waals surface area contributed by atoms with Gasteiger partial charge < -0.3 is 15.7 Å². The summed E-state index contributed by atoms with van der Waals surface area (Å²) >= 11 is 0. The van der Waals surface area contributed by atoms with Crippen LogP contribution in [0.5, 0.6) is 0 Å². The molecule has 0 heterocycles. The molecule has 0 aromatic carbocycles. The van der Waals surface area contributed by atoms with Gasteiger partial charge in [-0.05, 0) is 19.8 Å². The number of rotatable bonds is 6. The zero-order valence-corrected chi connectivity index (χ0v) is 9.36. The van der Waals surface area contributed by atoms with Crippen LogP contribution in [0.2, 0.25) is 0 Å². The van der Waals surface area contributed by atoms with Gasteiger partial charge >= 0.3 is 0 Å². The van der Waals surface area contributed by atoms with Gasteiger partial charge in [0.15, 0.2) is 0 Å². The molecule has 0 saturated heterocycles. The standard InChI is InChI=1S/C10H22N2O2/c1-4-9(5-2)12(6-7-13)10(14)8(3)11/h8-9,13H,4-7,11H2,1-3H3. The highest BCUT2D eigenvalue weighted by Crippen LogP contribution is 2.09. The Hall–Kier alpha value is -0.610. The number of nitrogens with zero attached hydrogens (tertiary/aromatic N) is 1. The lowest BCUT2D eigenvalue weighted by Gasteiger charge is -2.31. The molecule has 14 heavy (non-hydrogen) atoms. The maximum Gasteiger partial charge on any atom is 0.239 e. The molecule has 3 N–H and O–H groups in total. The van der Waals surface area contributed by atoms with Crippen LogP contribution in [-0.4, -0.2) is 41.1 Å². The Bertz CT molecular complexity index is 168. The van der Waals surface area contributed by atoms with Gasteiger partial charge in [-0.2, -0.15) is 0 Å². The summed E-state index contributed by atoms with van der Waals surface area (Å²) in [6.07, 6.45) is 1.80. The summed E-state index contributed by atoms with van der Waals surface area (Å²) in [4.78, 5) is 13.4. The Morgan fingerprint density at radius 1 is 1.43 bits per heavy atom. The molecule has 4 heteroatoms. The first-order valence-electron chi connectivity index (χ1n) is 5.25. The van der Waals surface area contributed by atoms with Gasteiger partial charge in [0.05, 0.1) is 12.6 Å². The van der Waals surface area contributed by atoms with Crippen LogP contribution in [0, 0.1) is 0 Å². The zero-order chi connectivity index (χ0) is 11.1. The molecular formula is C10H22N2O2. The first-order valence-corrected chi connectivity index (χ1v) is 5.25. The fraction of sp³-hybridized carbons (Fsp3) is 0.900. The Morgan fingerprint density at radius 2 is 1.93 bits per heavy atom. The summed E-state index contributed by atoms with van der Waals surface area (Å²) in [7, 11) is 0. The summed E-state index contributed by atoms with van der Waals surface area (Å²) in [5.74, 6) is -0.0762. The van der Waals surface area contributed by atoms with Crippen LogP contribution in [-0.2, 0) is 4.79 Å². The number of amides is 1. The average molecular weight is 202 g/mol. The van der Waals surface area contributed by atoms with E-state index in [0.717, 1.165) is 12.8 Å². The SMILES string of the molecule is CCC(CC)N(CCO)C(=O)C(C)N. The molecule has 0 bridgehead atoms. The van der Waals surface area contributed by atoms with E-state index >= 15 is 0 Å². The fourth-order valence-electron chi connectivity index (χ4n) is 1.57. The lowest BCUT2D eigenvalue weighted by Crippen LogP contribution is -2.48. The van der Waals surface area contributed by atoms with Crippen molar-refractivity contribution in [2.24, 2.45) is 5.73 Å². The second-order valence-corrected chi connectivity index (χ2v) is 3.51. The molecule has 0 saturated carbocycles. The molecule has 4 nitrogen and oxygen atoms in total. The third kappa shape index (κ3) is 3.64. The van der Waals surface area contributed by atoms with Gasteiger partial charge in [-0.3, -0.25) is 4.79 Å². The first kappa shape index (κ1) is 13.4. The highest BCUT2D eigenvalue weighted by Gasteiger charge is 2.22. The van der Waals surface area contributed by atoms with Crippen LogP contribution >= 0.6 is 0 Å². The first-order chi connectivity index (χ1) is 6.58. The van der Waals surface area contributed by atoms with Crippen molar-refractivity contribution in [3.8, 4) is 0 Å². The minimum atomic E-state index is -0.484. The van der Waals surface area contributed by atoms with Crippen LogP contribution in [0.1, 0.15) is 33.6 Å². The van der Waals surface area contributed by atoms with Gasteiger partial charge in [-0.15, -0.1) is 0 Å². The predicted molar refractivity (Wildman–Crippen MR) is 56.8 cm³/mol. The van der Waals surface area contributed by atoms with E-state index in [4.69, 9.17) is 10.8 Å². The summed E-state index contributed by atoms with van der Waals surface area (Å²) < 4.78 is 0. The smallest absolute Gasteiger partial charge is 0.239 e. The maximum absolute atomic E-state index is 11.7. The van der Waals surface area contributed by atoms with Gasteiger partial charge in [0, 0.05) is 12.6 Å². The van der Waals surface area contributed by atoms with E-state index in [0.29, 0.717) is 6.54 Å². The van der Waals surface area contributed by atoms with E-state index < -0.39 is 6.04 Å². The zero-order valence-electron chi connectivity index (χ0n) is 9.36. The molecule has 1 unspecified atom stereocenters. The van der Waals surface area contributed by atoms with Crippen molar-refractivity contribution in [3.63, 3.8) is 0 Å². The Balaban J connectivity index is 4.47. The highest BCUT2D eigenvalue weighted by molar-refractivity contribution is 5.81. The van der Waals surface area contributed by atoms with Crippen molar-refractivity contribution in [2.45, 2.75) is 45.7 Å². The van der Waals surface area contributed by atoms with Gasteiger partial charge in [0.1, 0.15) is 0 Å². The third-order valence-electron chi connectivity index (χ3n) is 2.40. The van der Waals surface area contributed by atoms with E-state index in [2.05, 4.69) is 0 Å². The van der Waals surface area contributed by atoms with Gasteiger partial charge in [-0.1, -0.05) is 13.8 Å². The average Bonchev–Trinajstić information content (AvgIpc) is 2.17. The third-order valence-corrected chi connectivity index (χ3v) is 2.40. The molecule has 0 spiro atoms. The lowest BCUT2D eigenvalue weighted by molar-refractivity contribution is -0.135. The minimum Gasteiger partial charge on any atom is -0.395 e. The van der Waals surface area contributed by atoms with Crippen molar-refractivity contribution in [1.82, 2.24) is 4.90 Å².